The van der Waals surface area contributed by atoms with Crippen LogP contribution in [-0.2, 0) is 13.5 Å². The van der Waals surface area contributed by atoms with Crippen molar-refractivity contribution in [2.45, 2.75) is 6.42 Å². The average Bonchev–Trinajstić information content (AvgIpc) is 2.73. The maximum Gasteiger partial charge on any atom is 0.182 e. The molecule has 0 amide bonds. The number of halogens is 2. The van der Waals surface area contributed by atoms with Gasteiger partial charge in [0, 0.05) is 5.56 Å². The second-order valence-electron chi connectivity index (χ2n) is 3.03. The summed E-state index contributed by atoms with van der Waals surface area (Å²) in [7, 11) is 1.66. The van der Waals surface area contributed by atoms with Gasteiger partial charge in [-0.3, -0.25) is 4.79 Å². The number of hydrogen-bond acceptors (Lipinski definition) is 5. The molecule has 16 heavy (non-hydrogen) atoms. The number of carbonyl (C=O) groups is 1. The molecule has 0 saturated carbocycles. The molecule has 0 aliphatic rings. The Labute approximate surface area is 112 Å². The van der Waals surface area contributed by atoms with E-state index in [1.165, 1.54) is 16.1 Å². The number of tetrazole rings is 1. The van der Waals surface area contributed by atoms with Crippen molar-refractivity contribution in [3.63, 3.8) is 0 Å². The summed E-state index contributed by atoms with van der Waals surface area (Å²) in [4.78, 5) is 13.2. The van der Waals surface area contributed by atoms with Crippen molar-refractivity contribution >= 4 is 49.0 Å². The first-order chi connectivity index (χ1) is 7.56. The normalized spacial score (nSPS) is 10.7. The molecule has 0 aromatic carbocycles. The van der Waals surface area contributed by atoms with E-state index < -0.39 is 0 Å². The predicted octanol–water partition coefficient (Wildman–Crippen LogP) is 2.22. The van der Waals surface area contributed by atoms with E-state index in [4.69, 9.17) is 0 Å². The Bertz CT molecular complexity index is 536. The average molecular weight is 366 g/mol. The first-order valence-corrected chi connectivity index (χ1v) is 6.67. The Morgan fingerprint density at radius 3 is 2.81 bits per heavy atom. The summed E-state index contributed by atoms with van der Waals surface area (Å²) in [5.41, 5.74) is 0.643. The van der Waals surface area contributed by atoms with Gasteiger partial charge in [0.25, 0.3) is 0 Å². The molecule has 0 radical (unpaired) electrons. The Balaban J connectivity index is 2.17. The van der Waals surface area contributed by atoms with Gasteiger partial charge >= 0.3 is 0 Å². The second kappa shape index (κ2) is 4.72. The Morgan fingerprint density at radius 2 is 2.31 bits per heavy atom. The lowest BCUT2D eigenvalue weighted by Crippen LogP contribution is -2.05. The number of thiophene rings is 1. The lowest BCUT2D eigenvalue weighted by molar-refractivity contribution is 0.0990. The van der Waals surface area contributed by atoms with E-state index in [1.807, 2.05) is 0 Å². The molecule has 0 N–H and O–H groups in total. The molecule has 0 spiro atoms. The van der Waals surface area contributed by atoms with Gasteiger partial charge in [0.2, 0.25) is 0 Å². The third-order valence-electron chi connectivity index (χ3n) is 1.83. The van der Waals surface area contributed by atoms with Gasteiger partial charge in [-0.05, 0) is 43.1 Å². The molecule has 0 fully saturated rings. The van der Waals surface area contributed by atoms with Gasteiger partial charge in [0.05, 0.1) is 21.0 Å². The molecule has 8 heteroatoms. The lowest BCUT2D eigenvalue weighted by atomic mass is 10.1. The van der Waals surface area contributed by atoms with Crippen molar-refractivity contribution < 1.29 is 4.79 Å². The number of aromatic nitrogens is 4. The van der Waals surface area contributed by atoms with E-state index in [0.717, 1.165) is 7.57 Å². The van der Waals surface area contributed by atoms with Crippen LogP contribution in [0, 0.1) is 0 Å². The van der Waals surface area contributed by atoms with E-state index in [2.05, 4.69) is 47.3 Å². The maximum absolute atomic E-state index is 11.9. The number of hydrogen-bond donors (Lipinski definition) is 0. The number of nitrogens with zero attached hydrogens (tertiary/aromatic N) is 4. The van der Waals surface area contributed by atoms with E-state index in [-0.39, 0.29) is 12.2 Å². The van der Waals surface area contributed by atoms with E-state index in [1.54, 1.807) is 13.1 Å². The van der Waals surface area contributed by atoms with Crippen LogP contribution in [0.4, 0.5) is 0 Å². The SMILES string of the molecule is Cn1nnc(CC(=O)c2cc(Br)sc2Br)n1. The zero-order valence-electron chi connectivity index (χ0n) is 8.15. The van der Waals surface area contributed by atoms with Gasteiger partial charge < -0.3 is 0 Å². The number of Topliss-reactive ketones (excluding diaryl/α,β-unsaturated/α-hetero) is 1. The van der Waals surface area contributed by atoms with Crippen LogP contribution >= 0.6 is 43.2 Å². The first-order valence-electron chi connectivity index (χ1n) is 4.27. The maximum atomic E-state index is 11.9. The van der Waals surface area contributed by atoms with Crippen molar-refractivity contribution in [1.82, 2.24) is 20.2 Å². The Hall–Kier alpha value is -0.600. The van der Waals surface area contributed by atoms with Crippen LogP contribution in [0.1, 0.15) is 16.2 Å². The zero-order valence-corrected chi connectivity index (χ0v) is 12.1. The molecule has 0 atom stereocenters. The second-order valence-corrected chi connectivity index (χ2v) is 6.78. The summed E-state index contributed by atoms with van der Waals surface area (Å²) in [6.07, 6.45) is 0.162. The van der Waals surface area contributed by atoms with Crippen LogP contribution in [0.25, 0.3) is 0 Å². The monoisotopic (exact) mass is 364 g/mol. The predicted molar refractivity (Wildman–Crippen MR) is 66.6 cm³/mol. The van der Waals surface area contributed by atoms with Crippen LogP contribution in [0.3, 0.4) is 0 Å². The summed E-state index contributed by atoms with van der Waals surface area (Å²) >= 11 is 8.14. The molecule has 84 valence electrons. The van der Waals surface area contributed by atoms with Crippen LogP contribution < -0.4 is 0 Å². The fraction of sp³-hybridized carbons (Fsp3) is 0.250. The third kappa shape index (κ3) is 2.55. The largest absolute Gasteiger partial charge is 0.294 e. The molecule has 2 aromatic heterocycles. The molecular formula is C8H6Br2N4OS. The highest BCUT2D eigenvalue weighted by Crippen LogP contribution is 2.32. The number of carbonyl (C=O) groups excluding carboxylic acids is 1. The molecule has 0 bridgehead atoms. The topological polar surface area (TPSA) is 60.7 Å². The Morgan fingerprint density at radius 1 is 1.56 bits per heavy atom. The van der Waals surface area contributed by atoms with E-state index in [0.29, 0.717) is 11.4 Å². The zero-order chi connectivity index (χ0) is 11.7. The van der Waals surface area contributed by atoms with Crippen LogP contribution in [0.15, 0.2) is 13.6 Å². The summed E-state index contributed by atoms with van der Waals surface area (Å²) in [6, 6.07) is 1.79. The minimum atomic E-state index is -0.0261. The molecule has 5 nitrogen and oxygen atoms in total. The summed E-state index contributed by atoms with van der Waals surface area (Å²) in [5.74, 6) is 0.406. The van der Waals surface area contributed by atoms with Crippen molar-refractivity contribution in [3.8, 4) is 0 Å². The van der Waals surface area contributed by atoms with Gasteiger partial charge in [-0.2, -0.15) is 4.80 Å². The molecule has 0 saturated heterocycles. The van der Waals surface area contributed by atoms with Crippen molar-refractivity contribution in [2.24, 2.45) is 7.05 Å². The van der Waals surface area contributed by atoms with E-state index in [9.17, 15) is 4.79 Å². The first kappa shape index (κ1) is 11.9. The molecule has 2 heterocycles. The quantitative estimate of drug-likeness (QED) is 0.782. The molecule has 2 rings (SSSR count). The standard InChI is InChI=1S/C8H6Br2N4OS/c1-14-12-7(11-13-14)3-5(15)4-2-6(9)16-8(4)10/h2H,3H2,1H3. The van der Waals surface area contributed by atoms with Gasteiger partial charge in [0.1, 0.15) is 0 Å². The number of rotatable bonds is 3. The summed E-state index contributed by atoms with van der Waals surface area (Å²) < 4.78 is 1.73. The molecule has 0 unspecified atom stereocenters. The summed E-state index contributed by atoms with van der Waals surface area (Å²) in [5, 5.41) is 11.4. The fourth-order valence-corrected chi connectivity index (χ4v) is 4.02. The third-order valence-corrected chi connectivity index (χ3v) is 4.16. The highest BCUT2D eigenvalue weighted by atomic mass is 79.9. The number of ketones is 1. The Kier molecular flexibility index (Phi) is 3.50. The molecule has 0 aliphatic heterocycles. The van der Waals surface area contributed by atoms with Crippen molar-refractivity contribution in [2.75, 3.05) is 0 Å². The summed E-state index contributed by atoms with van der Waals surface area (Å²) in [6.45, 7) is 0. The molecular weight excluding hydrogens is 360 g/mol. The van der Waals surface area contributed by atoms with Gasteiger partial charge in [-0.25, -0.2) is 0 Å². The van der Waals surface area contributed by atoms with E-state index >= 15 is 0 Å². The van der Waals surface area contributed by atoms with Crippen LogP contribution in [0.5, 0.6) is 0 Å². The number of aryl methyl sites for hydroxylation is 1. The fourth-order valence-electron chi connectivity index (χ4n) is 1.16. The lowest BCUT2D eigenvalue weighted by Gasteiger charge is -1.94. The highest BCUT2D eigenvalue weighted by Gasteiger charge is 2.16. The minimum Gasteiger partial charge on any atom is -0.294 e. The van der Waals surface area contributed by atoms with Gasteiger partial charge in [0.15, 0.2) is 11.6 Å². The van der Waals surface area contributed by atoms with Gasteiger partial charge in [-0.1, -0.05) is 0 Å². The van der Waals surface area contributed by atoms with Crippen LogP contribution in [0.2, 0.25) is 0 Å². The molecule has 2 aromatic rings. The highest BCUT2D eigenvalue weighted by molar-refractivity contribution is 9.12. The van der Waals surface area contributed by atoms with Crippen LogP contribution in [-0.4, -0.2) is 26.0 Å². The smallest absolute Gasteiger partial charge is 0.182 e. The molecule has 0 aliphatic carbocycles. The van der Waals surface area contributed by atoms with Gasteiger partial charge in [-0.15, -0.1) is 21.5 Å². The van der Waals surface area contributed by atoms with Crippen molar-refractivity contribution in [1.29, 1.82) is 0 Å². The van der Waals surface area contributed by atoms with Crippen molar-refractivity contribution in [3.05, 3.63) is 25.0 Å². The minimum absolute atomic E-state index is 0.0261.